The normalized spacial score (nSPS) is 11.8. The summed E-state index contributed by atoms with van der Waals surface area (Å²) in [5.41, 5.74) is 0.319. The number of rotatable bonds is 24. The number of unbranched alkanes of at least 4 members (excludes halogenated alkanes) is 17. The molecule has 3 N–H and O–H groups in total. The fraction of sp³-hybridized carbons (Fsp3) is 0.741. The number of allylic oxidation sites excluding steroid dienone is 2. The van der Waals surface area contributed by atoms with Crippen molar-refractivity contribution < 1.29 is 29.7 Å². The SMILES string of the molecule is O=C(O)/C=C(\C=C\CCCCCCCCCCCCCCCCCCCC(=O)O)CC(=O)O. The van der Waals surface area contributed by atoms with Gasteiger partial charge in [-0.05, 0) is 24.8 Å². The number of carboxylic acid groups (broad SMARTS) is 3. The van der Waals surface area contributed by atoms with Crippen LogP contribution in [0.5, 0.6) is 0 Å². The van der Waals surface area contributed by atoms with Crippen molar-refractivity contribution in [2.75, 3.05) is 0 Å². The van der Waals surface area contributed by atoms with Crippen molar-refractivity contribution in [3.8, 4) is 0 Å². The van der Waals surface area contributed by atoms with E-state index in [4.69, 9.17) is 15.3 Å². The second-order valence-electron chi connectivity index (χ2n) is 8.97. The molecular weight excluding hydrogens is 420 g/mol. The van der Waals surface area contributed by atoms with Crippen molar-refractivity contribution in [1.29, 1.82) is 0 Å². The number of carboxylic acids is 3. The lowest BCUT2D eigenvalue weighted by Gasteiger charge is -2.03. The predicted octanol–water partition coefficient (Wildman–Crippen LogP) is 7.52. The first-order chi connectivity index (χ1) is 15.9. The standard InChI is InChI=1S/C27H46O6/c28-25(29)21-19-17-15-13-11-9-7-5-3-1-2-4-6-8-10-12-14-16-18-20-24(22-26(30)31)23-27(32)33/h18,20,22H,1-17,19,21,23H2,(H,28,29)(H,30,31)(H,32,33)/b20-18+,24-22+. The van der Waals surface area contributed by atoms with E-state index in [0.29, 0.717) is 12.0 Å². The van der Waals surface area contributed by atoms with E-state index in [-0.39, 0.29) is 6.42 Å². The van der Waals surface area contributed by atoms with Crippen molar-refractivity contribution >= 4 is 17.9 Å². The fourth-order valence-electron chi connectivity index (χ4n) is 3.92. The molecule has 0 saturated heterocycles. The van der Waals surface area contributed by atoms with Gasteiger partial charge in [0, 0.05) is 12.5 Å². The molecule has 0 amide bonds. The van der Waals surface area contributed by atoms with Gasteiger partial charge >= 0.3 is 17.9 Å². The molecule has 0 spiro atoms. The number of hydrogen-bond donors (Lipinski definition) is 3. The van der Waals surface area contributed by atoms with Gasteiger partial charge in [0.1, 0.15) is 0 Å². The summed E-state index contributed by atoms with van der Waals surface area (Å²) in [6.07, 6.45) is 26.2. The van der Waals surface area contributed by atoms with Gasteiger partial charge in [0.15, 0.2) is 0 Å². The molecule has 0 rings (SSSR count). The largest absolute Gasteiger partial charge is 0.481 e. The molecule has 0 aliphatic carbocycles. The molecule has 0 unspecified atom stereocenters. The van der Waals surface area contributed by atoms with Crippen molar-refractivity contribution in [1.82, 2.24) is 0 Å². The Labute approximate surface area is 200 Å². The quantitative estimate of drug-likeness (QED) is 0.0770. The van der Waals surface area contributed by atoms with Gasteiger partial charge in [0.2, 0.25) is 0 Å². The first-order valence-electron chi connectivity index (χ1n) is 13.0. The molecule has 0 aromatic rings. The Kier molecular flexibility index (Phi) is 21.6. The highest BCUT2D eigenvalue weighted by Crippen LogP contribution is 2.15. The van der Waals surface area contributed by atoms with Gasteiger partial charge in [0.25, 0.3) is 0 Å². The Morgan fingerprint density at radius 2 is 0.909 bits per heavy atom. The lowest BCUT2D eigenvalue weighted by atomic mass is 10.0. The Morgan fingerprint density at radius 1 is 0.515 bits per heavy atom. The topological polar surface area (TPSA) is 112 Å². The van der Waals surface area contributed by atoms with Crippen LogP contribution in [0.2, 0.25) is 0 Å². The van der Waals surface area contributed by atoms with Crippen LogP contribution in [0.25, 0.3) is 0 Å². The predicted molar refractivity (Wildman–Crippen MR) is 132 cm³/mol. The summed E-state index contributed by atoms with van der Waals surface area (Å²) in [6, 6.07) is 0. The minimum Gasteiger partial charge on any atom is -0.481 e. The highest BCUT2D eigenvalue weighted by atomic mass is 16.4. The van der Waals surface area contributed by atoms with Crippen LogP contribution in [-0.2, 0) is 14.4 Å². The summed E-state index contributed by atoms with van der Waals surface area (Å²) in [6.45, 7) is 0. The highest BCUT2D eigenvalue weighted by Gasteiger charge is 2.03. The number of aliphatic carboxylic acids is 3. The molecule has 0 aliphatic rings. The maximum Gasteiger partial charge on any atom is 0.328 e. The maximum absolute atomic E-state index is 10.7. The average molecular weight is 467 g/mol. The molecule has 0 aromatic carbocycles. The molecule has 0 atom stereocenters. The van der Waals surface area contributed by atoms with Gasteiger partial charge in [-0.2, -0.15) is 0 Å². The Morgan fingerprint density at radius 3 is 1.27 bits per heavy atom. The van der Waals surface area contributed by atoms with Gasteiger partial charge in [-0.1, -0.05) is 108 Å². The number of hydrogen-bond acceptors (Lipinski definition) is 3. The highest BCUT2D eigenvalue weighted by molar-refractivity contribution is 5.83. The summed E-state index contributed by atoms with van der Waals surface area (Å²) >= 11 is 0. The Hall–Kier alpha value is -2.11. The molecule has 0 saturated carbocycles. The molecule has 0 radical (unpaired) electrons. The lowest BCUT2D eigenvalue weighted by Crippen LogP contribution is -1.98. The van der Waals surface area contributed by atoms with Crippen LogP contribution in [0.1, 0.15) is 128 Å². The van der Waals surface area contributed by atoms with E-state index in [9.17, 15) is 14.4 Å². The van der Waals surface area contributed by atoms with Crippen molar-refractivity contribution in [2.24, 2.45) is 0 Å². The van der Waals surface area contributed by atoms with Gasteiger partial charge in [-0.25, -0.2) is 4.79 Å². The molecule has 0 heterocycles. The first kappa shape index (κ1) is 30.9. The van der Waals surface area contributed by atoms with E-state index in [0.717, 1.165) is 38.2 Å². The summed E-state index contributed by atoms with van der Waals surface area (Å²) in [5.74, 6) is -2.82. The Bertz CT molecular complexity index is 579. The molecule has 0 aromatic heterocycles. The second kappa shape index (κ2) is 23.1. The zero-order valence-corrected chi connectivity index (χ0v) is 20.4. The molecule has 190 valence electrons. The minimum atomic E-state index is -1.12. The van der Waals surface area contributed by atoms with Gasteiger partial charge in [0.05, 0.1) is 6.42 Å². The van der Waals surface area contributed by atoms with Gasteiger partial charge in [-0.15, -0.1) is 0 Å². The lowest BCUT2D eigenvalue weighted by molar-refractivity contribution is -0.137. The van der Waals surface area contributed by atoms with E-state index in [2.05, 4.69) is 0 Å². The Balaban J connectivity index is 3.36. The second-order valence-corrected chi connectivity index (χ2v) is 8.97. The van der Waals surface area contributed by atoms with Crippen LogP contribution < -0.4 is 0 Å². The smallest absolute Gasteiger partial charge is 0.328 e. The summed E-state index contributed by atoms with van der Waals surface area (Å²) in [7, 11) is 0. The minimum absolute atomic E-state index is 0.264. The van der Waals surface area contributed by atoms with Crippen LogP contribution >= 0.6 is 0 Å². The maximum atomic E-state index is 10.7. The molecule has 33 heavy (non-hydrogen) atoms. The molecule has 6 heteroatoms. The van der Waals surface area contributed by atoms with Crippen molar-refractivity contribution in [2.45, 2.75) is 128 Å². The fourth-order valence-corrected chi connectivity index (χ4v) is 3.92. The molecule has 6 nitrogen and oxygen atoms in total. The van der Waals surface area contributed by atoms with Crippen molar-refractivity contribution in [3.63, 3.8) is 0 Å². The van der Waals surface area contributed by atoms with Gasteiger partial charge in [-0.3, -0.25) is 9.59 Å². The summed E-state index contributed by atoms with van der Waals surface area (Å²) in [4.78, 5) is 31.9. The van der Waals surface area contributed by atoms with Crippen LogP contribution in [0, 0.1) is 0 Å². The van der Waals surface area contributed by atoms with E-state index >= 15 is 0 Å². The van der Waals surface area contributed by atoms with E-state index in [1.165, 1.54) is 83.5 Å². The third-order valence-corrected chi connectivity index (χ3v) is 5.76. The molecule has 0 bridgehead atoms. The third-order valence-electron chi connectivity index (χ3n) is 5.76. The van der Waals surface area contributed by atoms with E-state index in [1.807, 2.05) is 6.08 Å². The zero-order valence-electron chi connectivity index (χ0n) is 20.4. The molecule has 0 fully saturated rings. The van der Waals surface area contributed by atoms with Crippen LogP contribution in [-0.4, -0.2) is 33.2 Å². The van der Waals surface area contributed by atoms with Crippen LogP contribution in [0.3, 0.4) is 0 Å². The molecule has 0 aliphatic heterocycles. The molecular formula is C27H46O6. The number of carbonyl (C=O) groups is 3. The van der Waals surface area contributed by atoms with Gasteiger partial charge < -0.3 is 15.3 Å². The van der Waals surface area contributed by atoms with Crippen LogP contribution in [0.4, 0.5) is 0 Å². The summed E-state index contributed by atoms with van der Waals surface area (Å²) < 4.78 is 0. The third kappa shape index (κ3) is 26.0. The summed E-state index contributed by atoms with van der Waals surface area (Å²) in [5, 5.41) is 26.1. The average Bonchev–Trinajstić information content (AvgIpc) is 2.73. The van der Waals surface area contributed by atoms with Crippen LogP contribution in [0.15, 0.2) is 23.8 Å². The van der Waals surface area contributed by atoms with E-state index < -0.39 is 17.9 Å². The van der Waals surface area contributed by atoms with Crippen molar-refractivity contribution in [3.05, 3.63) is 23.8 Å². The monoisotopic (exact) mass is 466 g/mol. The van der Waals surface area contributed by atoms with E-state index in [1.54, 1.807) is 6.08 Å². The zero-order chi connectivity index (χ0) is 24.6. The first-order valence-corrected chi connectivity index (χ1v) is 13.0.